The highest BCUT2D eigenvalue weighted by atomic mass is 16.7. The minimum Gasteiger partial charge on any atom is -0.454 e. The van der Waals surface area contributed by atoms with Crippen LogP contribution in [0.1, 0.15) is 11.1 Å². The Morgan fingerprint density at radius 1 is 1.10 bits per heavy atom. The number of fused-ring (bicyclic) bond motifs is 1. The van der Waals surface area contributed by atoms with Crippen molar-refractivity contribution in [1.29, 1.82) is 0 Å². The number of imide groups is 1. The first-order valence-corrected chi connectivity index (χ1v) is 9.46. The normalized spacial score (nSPS) is 15.1. The average molecular weight is 425 g/mol. The zero-order chi connectivity index (χ0) is 22.1. The second-order valence-electron chi connectivity index (χ2n) is 7.06. The number of nitrogens with zero attached hydrogens (tertiary/aromatic N) is 3. The van der Waals surface area contributed by atoms with E-state index in [4.69, 9.17) is 9.47 Å². The lowest BCUT2D eigenvalue weighted by Crippen LogP contribution is -2.34. The number of ether oxygens (including phenoxy) is 2. The molecule has 2 aliphatic heterocycles. The van der Waals surface area contributed by atoms with Crippen molar-refractivity contribution in [1.82, 2.24) is 9.80 Å². The lowest BCUT2D eigenvalue weighted by molar-refractivity contribution is -0.384. The molecule has 31 heavy (non-hydrogen) atoms. The van der Waals surface area contributed by atoms with Crippen molar-refractivity contribution in [2.24, 2.45) is 0 Å². The Bertz CT molecular complexity index is 1090. The van der Waals surface area contributed by atoms with Crippen LogP contribution in [0.3, 0.4) is 0 Å². The summed E-state index contributed by atoms with van der Waals surface area (Å²) in [6.45, 7) is 0.0590. The highest BCUT2D eigenvalue weighted by Crippen LogP contribution is 2.35. The van der Waals surface area contributed by atoms with Crippen LogP contribution in [0.4, 0.5) is 5.69 Å². The molecule has 2 aromatic carbocycles. The summed E-state index contributed by atoms with van der Waals surface area (Å²) >= 11 is 0. The molecule has 0 aliphatic carbocycles. The zero-order valence-electron chi connectivity index (χ0n) is 16.6. The molecular formula is C21H19N3O7. The number of hydrogen-bond donors (Lipinski definition) is 1. The molecule has 0 fully saturated rings. The van der Waals surface area contributed by atoms with Crippen LogP contribution in [0, 0.1) is 10.1 Å². The molecule has 1 N–H and O–H groups in total. The van der Waals surface area contributed by atoms with Gasteiger partial charge in [-0.3, -0.25) is 24.6 Å². The fourth-order valence-electron chi connectivity index (χ4n) is 3.55. The smallest absolute Gasteiger partial charge is 0.278 e. The van der Waals surface area contributed by atoms with Crippen LogP contribution in [0.2, 0.25) is 0 Å². The number of benzene rings is 2. The first-order valence-electron chi connectivity index (χ1n) is 9.46. The Morgan fingerprint density at radius 3 is 2.48 bits per heavy atom. The van der Waals surface area contributed by atoms with Crippen molar-refractivity contribution in [3.8, 4) is 11.5 Å². The van der Waals surface area contributed by atoms with Crippen molar-refractivity contribution in [3.05, 3.63) is 69.4 Å². The molecule has 0 saturated carbocycles. The SMILES string of the molecule is CN(CCO)C1=C(c2ccc([N+](=O)[O-])cc2)C(=O)N(Cc2ccc3c(c2)OCO3)C1=O. The van der Waals surface area contributed by atoms with Crippen LogP contribution >= 0.6 is 0 Å². The first kappa shape index (κ1) is 20.4. The monoisotopic (exact) mass is 425 g/mol. The number of amides is 2. The molecule has 0 radical (unpaired) electrons. The number of nitro groups is 1. The van der Waals surface area contributed by atoms with Gasteiger partial charge >= 0.3 is 0 Å². The third-order valence-corrected chi connectivity index (χ3v) is 5.11. The fourth-order valence-corrected chi connectivity index (χ4v) is 3.55. The maximum Gasteiger partial charge on any atom is 0.278 e. The Hall–Kier alpha value is -3.92. The summed E-state index contributed by atoms with van der Waals surface area (Å²) in [5.41, 5.74) is 1.21. The number of hydrogen-bond acceptors (Lipinski definition) is 8. The van der Waals surface area contributed by atoms with Gasteiger partial charge in [-0.25, -0.2) is 0 Å². The van der Waals surface area contributed by atoms with Gasteiger partial charge in [0.25, 0.3) is 17.5 Å². The van der Waals surface area contributed by atoms with E-state index in [0.29, 0.717) is 22.6 Å². The van der Waals surface area contributed by atoms with Gasteiger partial charge in [-0.2, -0.15) is 0 Å². The minimum absolute atomic E-state index is 0.0151. The van der Waals surface area contributed by atoms with Gasteiger partial charge in [0.15, 0.2) is 11.5 Å². The number of aliphatic hydroxyl groups excluding tert-OH is 1. The predicted octanol–water partition coefficient (Wildman–Crippen LogP) is 1.53. The van der Waals surface area contributed by atoms with E-state index < -0.39 is 16.7 Å². The van der Waals surface area contributed by atoms with Crippen LogP contribution in [0.5, 0.6) is 11.5 Å². The molecule has 0 unspecified atom stereocenters. The number of non-ortho nitro benzene ring substituents is 1. The summed E-state index contributed by atoms with van der Waals surface area (Å²) in [6.07, 6.45) is 0. The van der Waals surface area contributed by atoms with Gasteiger partial charge in [-0.1, -0.05) is 6.07 Å². The van der Waals surface area contributed by atoms with Crippen molar-refractivity contribution in [3.63, 3.8) is 0 Å². The van der Waals surface area contributed by atoms with E-state index in [2.05, 4.69) is 0 Å². The maximum atomic E-state index is 13.3. The molecule has 2 aromatic rings. The fraction of sp³-hybridized carbons (Fsp3) is 0.238. The van der Waals surface area contributed by atoms with Gasteiger partial charge in [0.2, 0.25) is 6.79 Å². The number of carbonyl (C=O) groups excluding carboxylic acids is 2. The van der Waals surface area contributed by atoms with Crippen molar-refractivity contribution >= 4 is 23.1 Å². The van der Waals surface area contributed by atoms with Crippen LogP contribution in [-0.2, 0) is 16.1 Å². The standard InChI is InChI=1S/C21H19N3O7/c1-22(8-9-25)19-18(14-3-5-15(6-4-14)24(28)29)20(26)23(21(19)27)11-13-2-7-16-17(10-13)31-12-30-16/h2-7,10,25H,8-9,11-12H2,1H3. The quantitative estimate of drug-likeness (QED) is 0.403. The number of nitro benzene ring substituents is 1. The maximum absolute atomic E-state index is 13.3. The molecule has 4 rings (SSSR count). The molecule has 0 saturated heterocycles. The predicted molar refractivity (Wildman–Crippen MR) is 108 cm³/mol. The van der Waals surface area contributed by atoms with Gasteiger partial charge in [0, 0.05) is 25.7 Å². The number of likely N-dealkylation sites (N-methyl/N-ethyl adjacent to an activating group) is 1. The molecule has 2 heterocycles. The summed E-state index contributed by atoms with van der Waals surface area (Å²) in [4.78, 5) is 39.5. The second-order valence-corrected chi connectivity index (χ2v) is 7.06. The number of aliphatic hydroxyl groups is 1. The van der Waals surface area contributed by atoms with Crippen molar-refractivity contribution in [2.75, 3.05) is 27.0 Å². The summed E-state index contributed by atoms with van der Waals surface area (Å²) in [7, 11) is 1.60. The number of carbonyl (C=O) groups is 2. The summed E-state index contributed by atoms with van der Waals surface area (Å²) in [5.74, 6) is 0.108. The third-order valence-electron chi connectivity index (χ3n) is 5.11. The van der Waals surface area contributed by atoms with E-state index >= 15 is 0 Å². The molecule has 10 nitrogen and oxygen atoms in total. The lowest BCUT2D eigenvalue weighted by atomic mass is 10.0. The molecule has 0 atom stereocenters. The highest BCUT2D eigenvalue weighted by molar-refractivity contribution is 6.35. The molecule has 2 aliphatic rings. The molecule has 160 valence electrons. The summed E-state index contributed by atoms with van der Waals surface area (Å²) < 4.78 is 10.6. The Morgan fingerprint density at radius 2 is 1.81 bits per heavy atom. The summed E-state index contributed by atoms with van der Waals surface area (Å²) in [5, 5.41) is 20.3. The summed E-state index contributed by atoms with van der Waals surface area (Å²) in [6, 6.07) is 10.6. The molecular weight excluding hydrogens is 406 g/mol. The van der Waals surface area contributed by atoms with E-state index in [0.717, 1.165) is 4.90 Å². The average Bonchev–Trinajstić information content (AvgIpc) is 3.31. The molecule has 0 spiro atoms. The van der Waals surface area contributed by atoms with Gasteiger partial charge in [-0.15, -0.1) is 0 Å². The van der Waals surface area contributed by atoms with Crippen molar-refractivity contribution < 1.29 is 29.1 Å². The largest absolute Gasteiger partial charge is 0.454 e. The highest BCUT2D eigenvalue weighted by Gasteiger charge is 2.40. The van der Waals surface area contributed by atoms with Crippen molar-refractivity contribution in [2.45, 2.75) is 6.54 Å². The van der Waals surface area contributed by atoms with Crippen LogP contribution < -0.4 is 9.47 Å². The minimum atomic E-state index is -0.537. The van der Waals surface area contributed by atoms with E-state index in [1.54, 1.807) is 25.2 Å². The van der Waals surface area contributed by atoms with Crippen LogP contribution in [0.15, 0.2) is 48.2 Å². The van der Waals surface area contributed by atoms with E-state index in [1.807, 2.05) is 0 Å². The van der Waals surface area contributed by atoms with E-state index in [-0.39, 0.29) is 43.4 Å². The first-order chi connectivity index (χ1) is 14.9. The number of rotatable bonds is 7. The van der Waals surface area contributed by atoms with Gasteiger partial charge in [-0.05, 0) is 35.4 Å². The van der Waals surface area contributed by atoms with Crippen LogP contribution in [-0.4, -0.2) is 58.6 Å². The third kappa shape index (κ3) is 3.68. The molecule has 2 amide bonds. The molecule has 0 bridgehead atoms. The Balaban J connectivity index is 1.69. The molecule has 10 heteroatoms. The Labute approximate surface area is 177 Å². The van der Waals surface area contributed by atoms with Gasteiger partial charge in [0.1, 0.15) is 5.70 Å². The lowest BCUT2D eigenvalue weighted by Gasteiger charge is -2.20. The van der Waals surface area contributed by atoms with E-state index in [1.165, 1.54) is 29.2 Å². The molecule has 0 aromatic heterocycles. The second kappa shape index (κ2) is 8.07. The van der Waals surface area contributed by atoms with Crippen LogP contribution in [0.25, 0.3) is 5.57 Å². The topological polar surface area (TPSA) is 122 Å². The van der Waals surface area contributed by atoms with Gasteiger partial charge in [0.05, 0.1) is 23.6 Å². The van der Waals surface area contributed by atoms with E-state index in [9.17, 15) is 24.8 Å². The zero-order valence-corrected chi connectivity index (χ0v) is 16.6. The van der Waals surface area contributed by atoms with Gasteiger partial charge < -0.3 is 19.5 Å². The Kier molecular flexibility index (Phi) is 5.30.